The van der Waals surface area contributed by atoms with E-state index in [1.807, 2.05) is 13.0 Å². The van der Waals surface area contributed by atoms with Gasteiger partial charge in [0, 0.05) is 5.57 Å². The highest BCUT2D eigenvalue weighted by Gasteiger charge is 2.40. The third-order valence-electron chi connectivity index (χ3n) is 3.34. The van der Waals surface area contributed by atoms with Crippen LogP contribution in [0.3, 0.4) is 0 Å². The molecular formula is C13H21NO3. The number of nitrogens with one attached hydrogen (secondary N) is 1. The van der Waals surface area contributed by atoms with Gasteiger partial charge in [0.1, 0.15) is 5.54 Å². The maximum absolute atomic E-state index is 11.9. The van der Waals surface area contributed by atoms with Gasteiger partial charge in [0.2, 0.25) is 5.91 Å². The maximum atomic E-state index is 11.9. The Morgan fingerprint density at radius 1 is 1.29 bits per heavy atom. The van der Waals surface area contributed by atoms with Gasteiger partial charge in [0.25, 0.3) is 0 Å². The highest BCUT2D eigenvalue weighted by molar-refractivity contribution is 5.96. The molecule has 0 radical (unpaired) electrons. The van der Waals surface area contributed by atoms with Gasteiger partial charge >= 0.3 is 5.97 Å². The number of allylic oxidation sites excluding steroid dienone is 1. The normalized spacial score (nSPS) is 19.8. The van der Waals surface area contributed by atoms with Crippen LogP contribution in [0.4, 0.5) is 0 Å². The van der Waals surface area contributed by atoms with E-state index in [2.05, 4.69) is 5.32 Å². The highest BCUT2D eigenvalue weighted by atomic mass is 16.4. The number of amides is 1. The van der Waals surface area contributed by atoms with E-state index in [1.165, 1.54) is 0 Å². The molecule has 1 amide bonds. The van der Waals surface area contributed by atoms with Gasteiger partial charge in [-0.2, -0.15) is 0 Å². The van der Waals surface area contributed by atoms with E-state index in [0.29, 0.717) is 18.4 Å². The second-order valence-corrected chi connectivity index (χ2v) is 4.70. The van der Waals surface area contributed by atoms with E-state index in [4.69, 9.17) is 0 Å². The summed E-state index contributed by atoms with van der Waals surface area (Å²) in [5, 5.41) is 12.0. The number of carbonyl (C=O) groups excluding carboxylic acids is 1. The average molecular weight is 239 g/mol. The van der Waals surface area contributed by atoms with Gasteiger partial charge in [-0.15, -0.1) is 0 Å². The summed E-state index contributed by atoms with van der Waals surface area (Å²) in [4.78, 5) is 23.2. The van der Waals surface area contributed by atoms with Crippen LogP contribution < -0.4 is 5.32 Å². The monoisotopic (exact) mass is 239 g/mol. The van der Waals surface area contributed by atoms with Crippen LogP contribution in [0.2, 0.25) is 0 Å². The Morgan fingerprint density at radius 2 is 1.88 bits per heavy atom. The van der Waals surface area contributed by atoms with Gasteiger partial charge in [0.15, 0.2) is 0 Å². The summed E-state index contributed by atoms with van der Waals surface area (Å²) in [5.74, 6) is -1.16. The smallest absolute Gasteiger partial charge is 0.329 e. The molecule has 4 nitrogen and oxygen atoms in total. The summed E-state index contributed by atoms with van der Waals surface area (Å²) < 4.78 is 0. The first-order valence-electron chi connectivity index (χ1n) is 6.24. The van der Waals surface area contributed by atoms with E-state index in [1.54, 1.807) is 6.92 Å². The fraction of sp³-hybridized carbons (Fsp3) is 0.692. The summed E-state index contributed by atoms with van der Waals surface area (Å²) in [7, 11) is 0. The van der Waals surface area contributed by atoms with Crippen molar-refractivity contribution in [1.29, 1.82) is 0 Å². The van der Waals surface area contributed by atoms with Crippen molar-refractivity contribution < 1.29 is 14.7 Å². The van der Waals surface area contributed by atoms with Crippen molar-refractivity contribution in [3.63, 3.8) is 0 Å². The lowest BCUT2D eigenvalue weighted by Crippen LogP contribution is -2.55. The number of carboxylic acid groups (broad SMARTS) is 1. The lowest BCUT2D eigenvalue weighted by atomic mass is 9.81. The molecule has 0 heterocycles. The van der Waals surface area contributed by atoms with Crippen LogP contribution in [0.5, 0.6) is 0 Å². The third-order valence-corrected chi connectivity index (χ3v) is 3.34. The Hall–Kier alpha value is -1.32. The lowest BCUT2D eigenvalue weighted by molar-refractivity contribution is -0.148. The third kappa shape index (κ3) is 3.32. The molecule has 1 saturated carbocycles. The first-order valence-corrected chi connectivity index (χ1v) is 6.24. The fourth-order valence-electron chi connectivity index (χ4n) is 2.26. The first-order chi connectivity index (χ1) is 8.02. The van der Waals surface area contributed by atoms with Crippen molar-refractivity contribution in [1.82, 2.24) is 5.32 Å². The van der Waals surface area contributed by atoms with Gasteiger partial charge < -0.3 is 10.4 Å². The maximum Gasteiger partial charge on any atom is 0.329 e. The lowest BCUT2D eigenvalue weighted by Gasteiger charge is -2.34. The molecule has 0 unspecified atom stereocenters. The molecule has 0 aromatic rings. The molecule has 1 fully saturated rings. The Bertz CT molecular complexity index is 328. The molecule has 17 heavy (non-hydrogen) atoms. The SMILES string of the molecule is CC/C=C(\C)C(=O)NC1(C(=O)O)CCCCC1. The number of rotatable bonds is 4. The van der Waals surface area contributed by atoms with Crippen molar-refractivity contribution in [2.24, 2.45) is 0 Å². The van der Waals surface area contributed by atoms with Crippen LogP contribution in [-0.4, -0.2) is 22.5 Å². The summed E-state index contributed by atoms with van der Waals surface area (Å²) in [5.41, 5.74) is -0.447. The minimum atomic E-state index is -1.04. The number of hydrogen-bond acceptors (Lipinski definition) is 2. The van der Waals surface area contributed by atoms with Crippen LogP contribution in [-0.2, 0) is 9.59 Å². The van der Waals surface area contributed by atoms with Crippen LogP contribution in [0.15, 0.2) is 11.6 Å². The van der Waals surface area contributed by atoms with E-state index in [9.17, 15) is 14.7 Å². The fourth-order valence-corrected chi connectivity index (χ4v) is 2.26. The Balaban J connectivity index is 2.77. The van der Waals surface area contributed by atoms with Gasteiger partial charge in [-0.3, -0.25) is 4.79 Å². The Morgan fingerprint density at radius 3 is 2.35 bits per heavy atom. The molecule has 1 aliphatic rings. The Labute approximate surface area is 102 Å². The number of hydrogen-bond donors (Lipinski definition) is 2. The second-order valence-electron chi connectivity index (χ2n) is 4.70. The molecule has 0 atom stereocenters. The molecule has 96 valence electrons. The van der Waals surface area contributed by atoms with Crippen molar-refractivity contribution in [2.75, 3.05) is 0 Å². The number of carbonyl (C=O) groups is 2. The van der Waals surface area contributed by atoms with E-state index in [0.717, 1.165) is 25.7 Å². The Kier molecular flexibility index (Phi) is 4.73. The van der Waals surface area contributed by atoms with E-state index >= 15 is 0 Å². The zero-order valence-corrected chi connectivity index (χ0v) is 10.6. The molecule has 0 bridgehead atoms. The van der Waals surface area contributed by atoms with Crippen LogP contribution in [0, 0.1) is 0 Å². The van der Waals surface area contributed by atoms with Crippen LogP contribution >= 0.6 is 0 Å². The molecule has 1 aliphatic carbocycles. The predicted molar refractivity (Wildman–Crippen MR) is 65.6 cm³/mol. The van der Waals surface area contributed by atoms with Crippen LogP contribution in [0.1, 0.15) is 52.4 Å². The molecule has 4 heteroatoms. The molecular weight excluding hydrogens is 218 g/mol. The minimum Gasteiger partial charge on any atom is -0.480 e. The van der Waals surface area contributed by atoms with E-state index in [-0.39, 0.29) is 5.91 Å². The molecule has 0 aliphatic heterocycles. The largest absolute Gasteiger partial charge is 0.480 e. The minimum absolute atomic E-state index is 0.254. The molecule has 0 aromatic carbocycles. The summed E-state index contributed by atoms with van der Waals surface area (Å²) in [6.07, 6.45) is 6.44. The number of carboxylic acids is 1. The summed E-state index contributed by atoms with van der Waals surface area (Å²) in [6, 6.07) is 0. The first kappa shape index (κ1) is 13.7. The van der Waals surface area contributed by atoms with Crippen molar-refractivity contribution >= 4 is 11.9 Å². The van der Waals surface area contributed by atoms with Gasteiger partial charge in [-0.1, -0.05) is 32.3 Å². The zero-order chi connectivity index (χ0) is 12.9. The predicted octanol–water partition coefficient (Wildman–Crippen LogP) is 2.25. The summed E-state index contributed by atoms with van der Waals surface area (Å²) >= 11 is 0. The highest BCUT2D eigenvalue weighted by Crippen LogP contribution is 2.28. The van der Waals surface area contributed by atoms with Crippen molar-refractivity contribution in [3.8, 4) is 0 Å². The van der Waals surface area contributed by atoms with E-state index < -0.39 is 11.5 Å². The quantitative estimate of drug-likeness (QED) is 0.739. The standard InChI is InChI=1S/C13H21NO3/c1-3-7-10(2)11(15)14-13(12(16)17)8-5-4-6-9-13/h7H,3-6,8-9H2,1-2H3,(H,14,15)(H,16,17)/b10-7+. The topological polar surface area (TPSA) is 66.4 Å². The molecule has 0 spiro atoms. The van der Waals surface area contributed by atoms with Gasteiger partial charge in [-0.25, -0.2) is 4.79 Å². The average Bonchev–Trinajstić information content (AvgIpc) is 2.30. The molecule has 2 N–H and O–H groups in total. The van der Waals surface area contributed by atoms with Gasteiger partial charge in [0.05, 0.1) is 0 Å². The summed E-state index contributed by atoms with van der Waals surface area (Å²) in [6.45, 7) is 3.67. The zero-order valence-electron chi connectivity index (χ0n) is 10.6. The molecule has 1 rings (SSSR count). The molecule has 0 aromatic heterocycles. The molecule has 0 saturated heterocycles. The van der Waals surface area contributed by atoms with Gasteiger partial charge in [-0.05, 0) is 26.2 Å². The van der Waals surface area contributed by atoms with Crippen molar-refractivity contribution in [3.05, 3.63) is 11.6 Å². The van der Waals surface area contributed by atoms with Crippen LogP contribution in [0.25, 0.3) is 0 Å². The van der Waals surface area contributed by atoms with Crippen molar-refractivity contribution in [2.45, 2.75) is 57.9 Å². The number of aliphatic carboxylic acids is 1. The second kappa shape index (κ2) is 5.84.